The van der Waals surface area contributed by atoms with E-state index in [0.29, 0.717) is 0 Å². The first-order valence-electron chi connectivity index (χ1n) is 7.77. The van der Waals surface area contributed by atoms with Gasteiger partial charge in [-0.1, -0.05) is 11.3 Å². The molecule has 0 aliphatic heterocycles. The molecule has 0 fully saturated rings. The molecule has 0 atom stereocenters. The molecular formula is C17H12N6OS2. The molecule has 5 rings (SSSR count). The standard InChI is InChI=1S/C17H12N6OS2/c1-24-12-4-2-10(3-5-12)13-8-14(19-18-13)16-22-23-15(11-6-7-25-9-11)20-21-17(23)26-16/h2-9H,1H3,(H,18,19). The number of nitrogens with one attached hydrogen (secondary N) is 1. The quantitative estimate of drug-likeness (QED) is 0.510. The first-order valence-corrected chi connectivity index (χ1v) is 9.53. The molecule has 0 saturated heterocycles. The number of ether oxygens (including phenoxy) is 1. The molecule has 128 valence electrons. The van der Waals surface area contributed by atoms with Gasteiger partial charge in [-0.3, -0.25) is 5.10 Å². The Morgan fingerprint density at radius 3 is 2.73 bits per heavy atom. The van der Waals surface area contributed by atoms with Crippen LogP contribution in [0.3, 0.4) is 0 Å². The van der Waals surface area contributed by atoms with Crippen LogP contribution in [0.2, 0.25) is 0 Å². The minimum atomic E-state index is 0.749. The van der Waals surface area contributed by atoms with Gasteiger partial charge in [0.1, 0.15) is 5.75 Å². The zero-order chi connectivity index (χ0) is 17.5. The van der Waals surface area contributed by atoms with Gasteiger partial charge in [-0.15, -0.1) is 10.2 Å². The summed E-state index contributed by atoms with van der Waals surface area (Å²) in [7, 11) is 1.65. The monoisotopic (exact) mass is 380 g/mol. The Bertz CT molecular complexity index is 1170. The molecule has 0 spiro atoms. The number of fused-ring (bicyclic) bond motifs is 1. The molecule has 0 saturated carbocycles. The van der Waals surface area contributed by atoms with Crippen molar-refractivity contribution in [2.24, 2.45) is 0 Å². The number of aromatic nitrogens is 6. The molecule has 0 aliphatic rings. The molecule has 1 aromatic carbocycles. The summed E-state index contributed by atoms with van der Waals surface area (Å²) < 4.78 is 6.97. The number of nitrogens with zero attached hydrogens (tertiary/aromatic N) is 5. The molecule has 0 unspecified atom stereocenters. The summed E-state index contributed by atoms with van der Waals surface area (Å²) in [5, 5.41) is 25.4. The van der Waals surface area contributed by atoms with E-state index in [1.807, 2.05) is 47.2 Å². The number of benzene rings is 1. The van der Waals surface area contributed by atoms with E-state index in [2.05, 4.69) is 25.5 Å². The topological polar surface area (TPSA) is 81.0 Å². The molecule has 4 aromatic heterocycles. The van der Waals surface area contributed by atoms with E-state index in [-0.39, 0.29) is 0 Å². The fourth-order valence-electron chi connectivity index (χ4n) is 2.64. The third-order valence-corrected chi connectivity index (χ3v) is 5.58. The molecule has 26 heavy (non-hydrogen) atoms. The van der Waals surface area contributed by atoms with Gasteiger partial charge in [-0.25, -0.2) is 0 Å². The van der Waals surface area contributed by atoms with Crippen LogP contribution in [0.4, 0.5) is 0 Å². The lowest BCUT2D eigenvalue weighted by molar-refractivity contribution is 0.415. The van der Waals surface area contributed by atoms with Crippen molar-refractivity contribution in [2.45, 2.75) is 0 Å². The molecule has 0 radical (unpaired) electrons. The van der Waals surface area contributed by atoms with Crippen molar-refractivity contribution in [1.29, 1.82) is 0 Å². The van der Waals surface area contributed by atoms with Crippen molar-refractivity contribution in [3.05, 3.63) is 47.2 Å². The summed E-state index contributed by atoms with van der Waals surface area (Å²) >= 11 is 3.10. The van der Waals surface area contributed by atoms with Crippen molar-refractivity contribution >= 4 is 27.6 Å². The van der Waals surface area contributed by atoms with Crippen LogP contribution in [-0.2, 0) is 0 Å². The Hall–Kier alpha value is -3.04. The minimum Gasteiger partial charge on any atom is -0.497 e. The largest absolute Gasteiger partial charge is 0.497 e. The predicted octanol–water partition coefficient (Wildman–Crippen LogP) is 3.98. The van der Waals surface area contributed by atoms with Crippen LogP contribution in [0.25, 0.3) is 38.3 Å². The predicted molar refractivity (Wildman–Crippen MR) is 102 cm³/mol. The van der Waals surface area contributed by atoms with E-state index in [1.165, 1.54) is 11.3 Å². The Morgan fingerprint density at radius 1 is 1.08 bits per heavy atom. The SMILES string of the molecule is COc1ccc(-c2cc(-c3nn4c(-c5ccsc5)nnc4s3)[nH]n2)cc1. The maximum atomic E-state index is 5.19. The highest BCUT2D eigenvalue weighted by Gasteiger charge is 2.16. The Labute approximate surface area is 155 Å². The summed E-state index contributed by atoms with van der Waals surface area (Å²) in [6.07, 6.45) is 0. The smallest absolute Gasteiger partial charge is 0.235 e. The molecule has 0 bridgehead atoms. The molecule has 9 heteroatoms. The highest BCUT2D eigenvalue weighted by molar-refractivity contribution is 7.19. The van der Waals surface area contributed by atoms with Crippen molar-refractivity contribution < 1.29 is 4.74 Å². The first-order chi connectivity index (χ1) is 12.8. The van der Waals surface area contributed by atoms with Gasteiger partial charge in [0, 0.05) is 16.5 Å². The maximum absolute atomic E-state index is 5.19. The zero-order valence-corrected chi connectivity index (χ0v) is 15.2. The summed E-state index contributed by atoms with van der Waals surface area (Å²) in [6, 6.07) is 11.8. The third-order valence-electron chi connectivity index (χ3n) is 3.96. The van der Waals surface area contributed by atoms with Crippen LogP contribution >= 0.6 is 22.7 Å². The average molecular weight is 380 g/mol. The molecule has 0 aliphatic carbocycles. The summed E-state index contributed by atoms with van der Waals surface area (Å²) in [5.74, 6) is 1.57. The second kappa shape index (κ2) is 6.04. The maximum Gasteiger partial charge on any atom is 0.235 e. The molecular weight excluding hydrogens is 368 g/mol. The first kappa shape index (κ1) is 15.2. The van der Waals surface area contributed by atoms with Gasteiger partial charge in [0.15, 0.2) is 10.8 Å². The Balaban J connectivity index is 1.51. The Morgan fingerprint density at radius 2 is 1.96 bits per heavy atom. The van der Waals surface area contributed by atoms with Gasteiger partial charge in [-0.2, -0.15) is 26.0 Å². The molecule has 7 nitrogen and oxygen atoms in total. The number of hydrogen-bond donors (Lipinski definition) is 1. The van der Waals surface area contributed by atoms with Crippen LogP contribution in [-0.4, -0.2) is 37.1 Å². The second-order valence-electron chi connectivity index (χ2n) is 5.53. The lowest BCUT2D eigenvalue weighted by atomic mass is 10.1. The molecule has 5 aromatic rings. The number of hydrogen-bond acceptors (Lipinski definition) is 7. The molecule has 4 heterocycles. The van der Waals surface area contributed by atoms with Gasteiger partial charge < -0.3 is 4.74 Å². The lowest BCUT2D eigenvalue weighted by Gasteiger charge is -1.99. The summed E-state index contributed by atoms with van der Waals surface area (Å²) in [5.41, 5.74) is 3.73. The van der Waals surface area contributed by atoms with E-state index in [9.17, 15) is 0 Å². The van der Waals surface area contributed by atoms with Crippen LogP contribution in [0, 0.1) is 0 Å². The van der Waals surface area contributed by atoms with Crippen LogP contribution in [0.15, 0.2) is 47.2 Å². The van der Waals surface area contributed by atoms with Crippen LogP contribution in [0.5, 0.6) is 5.75 Å². The number of aromatic amines is 1. The van der Waals surface area contributed by atoms with Crippen LogP contribution in [0.1, 0.15) is 0 Å². The van der Waals surface area contributed by atoms with Crippen molar-refractivity contribution in [3.63, 3.8) is 0 Å². The van der Waals surface area contributed by atoms with Gasteiger partial charge in [0.25, 0.3) is 0 Å². The van der Waals surface area contributed by atoms with Crippen molar-refractivity contribution in [2.75, 3.05) is 7.11 Å². The van der Waals surface area contributed by atoms with Gasteiger partial charge in [-0.05, 0) is 41.8 Å². The van der Waals surface area contributed by atoms with Crippen LogP contribution < -0.4 is 4.74 Å². The van der Waals surface area contributed by atoms with E-state index in [4.69, 9.17) is 4.74 Å². The van der Waals surface area contributed by atoms with E-state index in [0.717, 1.165) is 44.1 Å². The molecule has 1 N–H and O–H groups in total. The zero-order valence-electron chi connectivity index (χ0n) is 13.6. The lowest BCUT2D eigenvalue weighted by Crippen LogP contribution is -1.89. The van der Waals surface area contributed by atoms with Crippen molar-refractivity contribution in [3.8, 4) is 39.1 Å². The van der Waals surface area contributed by atoms with E-state index >= 15 is 0 Å². The van der Waals surface area contributed by atoms with Gasteiger partial charge >= 0.3 is 0 Å². The van der Waals surface area contributed by atoms with E-state index < -0.39 is 0 Å². The molecule has 0 amide bonds. The van der Waals surface area contributed by atoms with E-state index in [1.54, 1.807) is 23.0 Å². The van der Waals surface area contributed by atoms with Crippen molar-refractivity contribution in [1.82, 2.24) is 30.0 Å². The summed E-state index contributed by atoms with van der Waals surface area (Å²) in [6.45, 7) is 0. The number of thiophene rings is 1. The highest BCUT2D eigenvalue weighted by Crippen LogP contribution is 2.30. The highest BCUT2D eigenvalue weighted by atomic mass is 32.1. The fraction of sp³-hybridized carbons (Fsp3) is 0.0588. The average Bonchev–Trinajstić information content (AvgIpc) is 3.44. The van der Waals surface area contributed by atoms with Gasteiger partial charge in [0.2, 0.25) is 4.96 Å². The van der Waals surface area contributed by atoms with Gasteiger partial charge in [0.05, 0.1) is 18.5 Å². The fourth-order valence-corrected chi connectivity index (χ4v) is 4.08. The third kappa shape index (κ3) is 2.49. The summed E-state index contributed by atoms with van der Waals surface area (Å²) in [4.78, 5) is 0.752. The Kier molecular flexibility index (Phi) is 3.54. The normalized spacial score (nSPS) is 11.3. The number of H-pyrrole nitrogens is 1. The number of rotatable bonds is 4. The second-order valence-corrected chi connectivity index (χ2v) is 7.27. The minimum absolute atomic E-state index is 0.749. The number of methoxy groups -OCH3 is 1.